The van der Waals surface area contributed by atoms with Gasteiger partial charge in [-0.1, -0.05) is 19.4 Å². The minimum atomic E-state index is -0.965. The Morgan fingerprint density at radius 3 is 2.73 bits per heavy atom. The van der Waals surface area contributed by atoms with Gasteiger partial charge in [0.05, 0.1) is 11.3 Å². The highest BCUT2D eigenvalue weighted by molar-refractivity contribution is 6.05. The maximum Gasteiger partial charge on any atom is 0.335 e. The number of hydrogen-bond donors (Lipinski definition) is 1. The standard InChI is InChI=1S/C18H17NO3/c1-3-4-14-13-7-5-11(2)9-17(13)22-16-8-6-12(18(20)21)10-15(16)19-14/h5-10H,3-4H2,1-2H3,(H,20,21). The summed E-state index contributed by atoms with van der Waals surface area (Å²) in [6.07, 6.45) is 1.77. The van der Waals surface area contributed by atoms with Crippen molar-refractivity contribution in [2.45, 2.75) is 26.7 Å². The number of ether oxygens (including phenoxy) is 1. The highest BCUT2D eigenvalue weighted by Crippen LogP contribution is 2.39. The van der Waals surface area contributed by atoms with E-state index in [-0.39, 0.29) is 5.56 Å². The second kappa shape index (κ2) is 5.64. The Labute approximate surface area is 129 Å². The van der Waals surface area contributed by atoms with Crippen LogP contribution in [0.25, 0.3) is 0 Å². The fraction of sp³-hybridized carbons (Fsp3) is 0.222. The molecule has 4 nitrogen and oxygen atoms in total. The summed E-state index contributed by atoms with van der Waals surface area (Å²) in [6, 6.07) is 10.8. The van der Waals surface area contributed by atoms with Crippen LogP contribution in [-0.2, 0) is 0 Å². The lowest BCUT2D eigenvalue weighted by Crippen LogP contribution is -2.01. The second-order valence-corrected chi connectivity index (χ2v) is 5.40. The summed E-state index contributed by atoms with van der Waals surface area (Å²) < 4.78 is 5.99. The molecule has 0 radical (unpaired) electrons. The van der Waals surface area contributed by atoms with Crippen LogP contribution in [0, 0.1) is 6.92 Å². The number of carbonyl (C=O) groups is 1. The number of aliphatic imine (C=N–C) groups is 1. The molecule has 3 rings (SSSR count). The molecule has 0 amide bonds. The predicted molar refractivity (Wildman–Crippen MR) is 85.8 cm³/mol. The zero-order valence-electron chi connectivity index (χ0n) is 12.6. The molecule has 0 saturated carbocycles. The van der Waals surface area contributed by atoms with E-state index in [2.05, 4.69) is 11.9 Å². The highest BCUT2D eigenvalue weighted by Gasteiger charge is 2.19. The molecular formula is C18H17NO3. The van der Waals surface area contributed by atoms with Gasteiger partial charge in [-0.2, -0.15) is 0 Å². The molecule has 0 unspecified atom stereocenters. The Hall–Kier alpha value is -2.62. The topological polar surface area (TPSA) is 58.9 Å². The number of aryl methyl sites for hydroxylation is 1. The minimum Gasteiger partial charge on any atom is -0.478 e. The third-order valence-electron chi connectivity index (χ3n) is 3.62. The average Bonchev–Trinajstić information content (AvgIpc) is 2.62. The molecule has 0 aliphatic carbocycles. The van der Waals surface area contributed by atoms with Crippen molar-refractivity contribution in [3.8, 4) is 11.5 Å². The van der Waals surface area contributed by atoms with Crippen LogP contribution < -0.4 is 4.74 Å². The fourth-order valence-electron chi connectivity index (χ4n) is 2.53. The van der Waals surface area contributed by atoms with Crippen molar-refractivity contribution in [2.24, 2.45) is 4.99 Å². The smallest absolute Gasteiger partial charge is 0.335 e. The van der Waals surface area contributed by atoms with Gasteiger partial charge < -0.3 is 9.84 Å². The first-order valence-electron chi connectivity index (χ1n) is 7.32. The van der Waals surface area contributed by atoms with Crippen molar-refractivity contribution in [3.05, 3.63) is 53.1 Å². The number of carboxylic acids is 1. The fourth-order valence-corrected chi connectivity index (χ4v) is 2.53. The van der Waals surface area contributed by atoms with Gasteiger partial charge in [0.2, 0.25) is 0 Å². The van der Waals surface area contributed by atoms with E-state index in [1.165, 1.54) is 6.07 Å². The van der Waals surface area contributed by atoms with Crippen LogP contribution in [0.4, 0.5) is 5.69 Å². The van der Waals surface area contributed by atoms with Crippen LogP contribution in [0.1, 0.15) is 41.3 Å². The van der Waals surface area contributed by atoms with Crippen LogP contribution in [0.2, 0.25) is 0 Å². The van der Waals surface area contributed by atoms with E-state index < -0.39 is 5.97 Å². The third kappa shape index (κ3) is 2.60. The normalized spacial score (nSPS) is 12.5. The lowest BCUT2D eigenvalue weighted by atomic mass is 10.0. The quantitative estimate of drug-likeness (QED) is 0.891. The number of hydrogen-bond acceptors (Lipinski definition) is 3. The minimum absolute atomic E-state index is 0.212. The van der Waals surface area contributed by atoms with E-state index >= 15 is 0 Å². The zero-order valence-corrected chi connectivity index (χ0v) is 12.6. The van der Waals surface area contributed by atoms with E-state index in [0.29, 0.717) is 11.4 Å². The van der Waals surface area contributed by atoms with Crippen molar-refractivity contribution < 1.29 is 14.6 Å². The van der Waals surface area contributed by atoms with Gasteiger partial charge in [-0.15, -0.1) is 0 Å². The highest BCUT2D eigenvalue weighted by atomic mass is 16.5. The van der Waals surface area contributed by atoms with Crippen molar-refractivity contribution in [2.75, 3.05) is 0 Å². The predicted octanol–water partition coefficient (Wildman–Crippen LogP) is 4.72. The number of carboxylic acid groups (broad SMARTS) is 1. The Bertz CT molecular complexity index is 778. The molecular weight excluding hydrogens is 278 g/mol. The van der Waals surface area contributed by atoms with Crippen molar-refractivity contribution in [1.82, 2.24) is 0 Å². The summed E-state index contributed by atoms with van der Waals surface area (Å²) in [5, 5.41) is 9.15. The molecule has 4 heteroatoms. The summed E-state index contributed by atoms with van der Waals surface area (Å²) in [7, 11) is 0. The van der Waals surface area contributed by atoms with Crippen molar-refractivity contribution in [1.29, 1.82) is 0 Å². The van der Waals surface area contributed by atoms with E-state index in [4.69, 9.17) is 9.84 Å². The number of aromatic carboxylic acids is 1. The number of fused-ring (bicyclic) bond motifs is 2. The van der Waals surface area contributed by atoms with Gasteiger partial charge in [-0.25, -0.2) is 9.79 Å². The Balaban J connectivity index is 2.19. The van der Waals surface area contributed by atoms with Crippen molar-refractivity contribution >= 4 is 17.4 Å². The molecule has 1 aliphatic rings. The van der Waals surface area contributed by atoms with Gasteiger partial charge in [0.1, 0.15) is 11.4 Å². The Morgan fingerprint density at radius 2 is 2.00 bits per heavy atom. The average molecular weight is 295 g/mol. The molecule has 1 N–H and O–H groups in total. The van der Waals surface area contributed by atoms with Crippen LogP contribution in [0.15, 0.2) is 41.4 Å². The van der Waals surface area contributed by atoms with E-state index in [9.17, 15) is 4.79 Å². The first-order valence-corrected chi connectivity index (χ1v) is 7.32. The van der Waals surface area contributed by atoms with Gasteiger partial charge in [-0.05, 0) is 49.2 Å². The van der Waals surface area contributed by atoms with Crippen LogP contribution in [0.3, 0.4) is 0 Å². The second-order valence-electron chi connectivity index (χ2n) is 5.40. The van der Waals surface area contributed by atoms with E-state index in [1.54, 1.807) is 12.1 Å². The molecule has 2 aromatic rings. The SMILES string of the molecule is CCCC1=Nc2cc(C(=O)O)ccc2Oc2cc(C)ccc21. The molecule has 1 aliphatic heterocycles. The van der Waals surface area contributed by atoms with Gasteiger partial charge in [0, 0.05) is 5.56 Å². The summed E-state index contributed by atoms with van der Waals surface area (Å²) in [5.74, 6) is 0.393. The zero-order chi connectivity index (χ0) is 15.7. The van der Waals surface area contributed by atoms with E-state index in [1.807, 2.05) is 25.1 Å². The first kappa shape index (κ1) is 14.3. The number of benzene rings is 2. The number of rotatable bonds is 3. The van der Waals surface area contributed by atoms with Crippen molar-refractivity contribution in [3.63, 3.8) is 0 Å². The molecule has 112 valence electrons. The maximum atomic E-state index is 11.2. The Morgan fingerprint density at radius 1 is 1.18 bits per heavy atom. The molecule has 1 heterocycles. The van der Waals surface area contributed by atoms with Gasteiger partial charge in [-0.3, -0.25) is 0 Å². The summed E-state index contributed by atoms with van der Waals surface area (Å²) in [4.78, 5) is 15.8. The van der Waals surface area contributed by atoms with Gasteiger partial charge >= 0.3 is 5.97 Å². The molecule has 0 bridgehead atoms. The Kier molecular flexibility index (Phi) is 3.67. The maximum absolute atomic E-state index is 11.2. The molecule has 22 heavy (non-hydrogen) atoms. The molecule has 2 aromatic carbocycles. The first-order chi connectivity index (χ1) is 10.6. The number of nitrogens with zero attached hydrogens (tertiary/aromatic N) is 1. The van der Waals surface area contributed by atoms with Crippen LogP contribution in [-0.4, -0.2) is 16.8 Å². The van der Waals surface area contributed by atoms with Gasteiger partial charge in [0.15, 0.2) is 5.75 Å². The summed E-state index contributed by atoms with van der Waals surface area (Å²) >= 11 is 0. The lowest BCUT2D eigenvalue weighted by Gasteiger charge is -2.10. The monoisotopic (exact) mass is 295 g/mol. The molecule has 0 spiro atoms. The molecule has 0 fully saturated rings. The lowest BCUT2D eigenvalue weighted by molar-refractivity contribution is 0.0697. The molecule has 0 atom stereocenters. The molecule has 0 saturated heterocycles. The third-order valence-corrected chi connectivity index (χ3v) is 3.62. The van der Waals surface area contributed by atoms with Crippen LogP contribution >= 0.6 is 0 Å². The summed E-state index contributed by atoms with van der Waals surface area (Å²) in [5.41, 5.74) is 3.79. The summed E-state index contributed by atoms with van der Waals surface area (Å²) in [6.45, 7) is 4.11. The van der Waals surface area contributed by atoms with Crippen LogP contribution in [0.5, 0.6) is 11.5 Å². The van der Waals surface area contributed by atoms with Gasteiger partial charge in [0.25, 0.3) is 0 Å². The largest absolute Gasteiger partial charge is 0.478 e. The van der Waals surface area contributed by atoms with E-state index in [0.717, 1.165) is 35.4 Å². The molecule has 0 aromatic heterocycles.